The summed E-state index contributed by atoms with van der Waals surface area (Å²) < 4.78 is 10.6. The van der Waals surface area contributed by atoms with Gasteiger partial charge >= 0.3 is 0 Å². The minimum Gasteiger partial charge on any atom is -0.481 e. The molecule has 1 amide bonds. The molecule has 98 valence electrons. The first-order chi connectivity index (χ1) is 8.60. The van der Waals surface area contributed by atoms with Crippen molar-refractivity contribution in [3.8, 4) is 5.88 Å². The first kappa shape index (κ1) is 12.8. The number of methoxy groups -OCH3 is 1. The van der Waals surface area contributed by atoms with Crippen LogP contribution in [0, 0.1) is 0 Å². The SMILES string of the molecule is COc1ccc(C(=O)N2C[C@@H](C)O[C@H](C)C2)cn1. The van der Waals surface area contributed by atoms with Gasteiger partial charge in [-0.25, -0.2) is 4.98 Å². The van der Waals surface area contributed by atoms with Crippen molar-refractivity contribution in [1.29, 1.82) is 0 Å². The summed E-state index contributed by atoms with van der Waals surface area (Å²) in [6.07, 6.45) is 1.69. The van der Waals surface area contributed by atoms with Crippen molar-refractivity contribution in [2.75, 3.05) is 20.2 Å². The Balaban J connectivity index is 2.09. The highest BCUT2D eigenvalue weighted by molar-refractivity contribution is 5.94. The van der Waals surface area contributed by atoms with Gasteiger partial charge in [0, 0.05) is 25.4 Å². The number of ether oxygens (including phenoxy) is 2. The number of hydrogen-bond acceptors (Lipinski definition) is 4. The number of nitrogens with zero attached hydrogens (tertiary/aromatic N) is 2. The van der Waals surface area contributed by atoms with E-state index in [4.69, 9.17) is 9.47 Å². The molecule has 1 saturated heterocycles. The lowest BCUT2D eigenvalue weighted by molar-refractivity contribution is -0.0586. The van der Waals surface area contributed by atoms with Crippen molar-refractivity contribution < 1.29 is 14.3 Å². The molecule has 0 aromatic carbocycles. The molecule has 2 heterocycles. The zero-order valence-corrected chi connectivity index (χ0v) is 10.9. The van der Waals surface area contributed by atoms with Crippen LogP contribution in [0.5, 0.6) is 5.88 Å². The molecular formula is C13H18N2O3. The summed E-state index contributed by atoms with van der Waals surface area (Å²) in [5.74, 6) is 0.502. The molecule has 0 bridgehead atoms. The van der Waals surface area contributed by atoms with Crippen molar-refractivity contribution in [2.24, 2.45) is 0 Å². The molecule has 0 N–H and O–H groups in total. The van der Waals surface area contributed by atoms with Gasteiger partial charge in [0.15, 0.2) is 0 Å². The second-order valence-electron chi connectivity index (χ2n) is 4.56. The molecule has 0 spiro atoms. The van der Waals surface area contributed by atoms with Crippen LogP contribution in [0.1, 0.15) is 24.2 Å². The van der Waals surface area contributed by atoms with Gasteiger partial charge in [0.1, 0.15) is 0 Å². The van der Waals surface area contributed by atoms with Crippen LogP contribution in [0.15, 0.2) is 18.3 Å². The van der Waals surface area contributed by atoms with E-state index in [1.165, 1.54) is 0 Å². The molecular weight excluding hydrogens is 232 g/mol. The zero-order chi connectivity index (χ0) is 13.1. The van der Waals surface area contributed by atoms with E-state index in [1.807, 2.05) is 18.7 Å². The largest absolute Gasteiger partial charge is 0.481 e. The Morgan fingerprint density at radius 1 is 1.39 bits per heavy atom. The fourth-order valence-electron chi connectivity index (χ4n) is 2.15. The summed E-state index contributed by atoms with van der Waals surface area (Å²) in [7, 11) is 1.55. The smallest absolute Gasteiger partial charge is 0.255 e. The quantitative estimate of drug-likeness (QED) is 0.794. The van der Waals surface area contributed by atoms with Gasteiger partial charge < -0.3 is 14.4 Å². The van der Waals surface area contributed by atoms with Gasteiger partial charge in [-0.15, -0.1) is 0 Å². The fraction of sp³-hybridized carbons (Fsp3) is 0.538. The third-order valence-corrected chi connectivity index (χ3v) is 2.90. The monoisotopic (exact) mass is 250 g/mol. The Hall–Kier alpha value is -1.62. The van der Waals surface area contributed by atoms with E-state index in [0.717, 1.165) is 0 Å². The maximum Gasteiger partial charge on any atom is 0.255 e. The molecule has 1 fully saturated rings. The lowest BCUT2D eigenvalue weighted by atomic mass is 10.2. The number of carbonyl (C=O) groups excluding carboxylic acids is 1. The molecule has 5 heteroatoms. The number of hydrogen-bond donors (Lipinski definition) is 0. The summed E-state index contributed by atoms with van der Waals surface area (Å²) in [5.41, 5.74) is 0.581. The van der Waals surface area contributed by atoms with Gasteiger partial charge in [-0.1, -0.05) is 0 Å². The number of morpholine rings is 1. The first-order valence-electron chi connectivity index (χ1n) is 6.05. The van der Waals surface area contributed by atoms with E-state index >= 15 is 0 Å². The Morgan fingerprint density at radius 3 is 2.56 bits per heavy atom. The lowest BCUT2D eigenvalue weighted by Gasteiger charge is -2.35. The molecule has 0 aliphatic carbocycles. The van der Waals surface area contributed by atoms with Gasteiger partial charge in [-0.2, -0.15) is 0 Å². The number of aromatic nitrogens is 1. The van der Waals surface area contributed by atoms with Crippen LogP contribution in [0.4, 0.5) is 0 Å². The van der Waals surface area contributed by atoms with Crippen LogP contribution in [-0.4, -0.2) is 48.2 Å². The van der Waals surface area contributed by atoms with Crippen LogP contribution in [-0.2, 0) is 4.74 Å². The zero-order valence-electron chi connectivity index (χ0n) is 10.9. The van der Waals surface area contributed by atoms with E-state index in [0.29, 0.717) is 24.5 Å². The average Bonchev–Trinajstić information content (AvgIpc) is 2.37. The highest BCUT2D eigenvalue weighted by Crippen LogP contribution is 2.15. The summed E-state index contributed by atoms with van der Waals surface area (Å²) in [4.78, 5) is 18.1. The Kier molecular flexibility index (Phi) is 3.81. The molecule has 1 aromatic heterocycles. The van der Waals surface area contributed by atoms with E-state index in [9.17, 15) is 4.79 Å². The molecule has 1 aromatic rings. The number of amides is 1. The summed E-state index contributed by atoms with van der Waals surface area (Å²) in [6.45, 7) is 5.19. The van der Waals surface area contributed by atoms with Gasteiger partial charge in [-0.05, 0) is 19.9 Å². The van der Waals surface area contributed by atoms with E-state index in [2.05, 4.69) is 4.98 Å². The van der Waals surface area contributed by atoms with Crippen LogP contribution in [0.3, 0.4) is 0 Å². The standard InChI is InChI=1S/C13H18N2O3/c1-9-7-15(8-10(2)18-9)13(16)11-4-5-12(17-3)14-6-11/h4-6,9-10H,7-8H2,1-3H3/t9-,10-/m1/s1. The number of rotatable bonds is 2. The topological polar surface area (TPSA) is 51.7 Å². The molecule has 2 atom stereocenters. The maximum atomic E-state index is 12.3. The van der Waals surface area contributed by atoms with Crippen LogP contribution in [0.25, 0.3) is 0 Å². The summed E-state index contributed by atoms with van der Waals surface area (Å²) in [5, 5.41) is 0. The molecule has 0 radical (unpaired) electrons. The predicted molar refractivity (Wildman–Crippen MR) is 66.7 cm³/mol. The predicted octanol–water partition coefficient (Wildman–Crippen LogP) is 1.34. The molecule has 0 saturated carbocycles. The minimum atomic E-state index is -0.00727. The molecule has 1 aliphatic rings. The molecule has 0 unspecified atom stereocenters. The highest BCUT2D eigenvalue weighted by atomic mass is 16.5. The molecule has 2 rings (SSSR count). The van der Waals surface area contributed by atoms with Crippen LogP contribution < -0.4 is 4.74 Å². The van der Waals surface area contributed by atoms with Crippen molar-refractivity contribution in [3.05, 3.63) is 23.9 Å². The highest BCUT2D eigenvalue weighted by Gasteiger charge is 2.26. The maximum absolute atomic E-state index is 12.3. The van der Waals surface area contributed by atoms with Crippen molar-refractivity contribution >= 4 is 5.91 Å². The van der Waals surface area contributed by atoms with Gasteiger partial charge in [0.2, 0.25) is 5.88 Å². The van der Waals surface area contributed by atoms with E-state index < -0.39 is 0 Å². The summed E-state index contributed by atoms with van der Waals surface area (Å²) >= 11 is 0. The Bertz CT molecular complexity index is 409. The van der Waals surface area contributed by atoms with Gasteiger partial charge in [0.05, 0.1) is 24.9 Å². The number of carbonyl (C=O) groups is 1. The second-order valence-corrected chi connectivity index (χ2v) is 4.56. The second kappa shape index (κ2) is 5.35. The Labute approximate surface area is 107 Å². The van der Waals surface area contributed by atoms with Gasteiger partial charge in [-0.3, -0.25) is 4.79 Å². The van der Waals surface area contributed by atoms with Gasteiger partial charge in [0.25, 0.3) is 5.91 Å². The van der Waals surface area contributed by atoms with Crippen molar-refractivity contribution in [2.45, 2.75) is 26.1 Å². The van der Waals surface area contributed by atoms with E-state index in [1.54, 1.807) is 25.4 Å². The first-order valence-corrected chi connectivity index (χ1v) is 6.05. The average molecular weight is 250 g/mol. The molecule has 5 nitrogen and oxygen atoms in total. The summed E-state index contributed by atoms with van der Waals surface area (Å²) in [6, 6.07) is 3.43. The third-order valence-electron chi connectivity index (χ3n) is 2.90. The normalized spacial score (nSPS) is 23.8. The Morgan fingerprint density at radius 2 is 2.06 bits per heavy atom. The third kappa shape index (κ3) is 2.79. The van der Waals surface area contributed by atoms with Crippen LogP contribution in [0.2, 0.25) is 0 Å². The van der Waals surface area contributed by atoms with Crippen LogP contribution >= 0.6 is 0 Å². The fourth-order valence-corrected chi connectivity index (χ4v) is 2.15. The molecule has 1 aliphatic heterocycles. The van der Waals surface area contributed by atoms with Crippen molar-refractivity contribution in [1.82, 2.24) is 9.88 Å². The van der Waals surface area contributed by atoms with Crippen molar-refractivity contribution in [3.63, 3.8) is 0 Å². The van der Waals surface area contributed by atoms with E-state index in [-0.39, 0.29) is 18.1 Å². The minimum absolute atomic E-state index is 0.00727. The lowest BCUT2D eigenvalue weighted by Crippen LogP contribution is -2.48. The number of pyridine rings is 1. The molecule has 18 heavy (non-hydrogen) atoms.